The molecule has 5 aromatic carbocycles. The zero-order valence-electron chi connectivity index (χ0n) is 23.7. The molecule has 5 rings (SSSR count). The van der Waals surface area contributed by atoms with Crippen LogP contribution in [0.2, 0.25) is 0 Å². The van der Waals surface area contributed by atoms with Gasteiger partial charge in [0.2, 0.25) is 0 Å². The first-order valence-electron chi connectivity index (χ1n) is 14.0. The molecular formula is C37H35NO3. The van der Waals surface area contributed by atoms with Gasteiger partial charge in [-0.15, -0.1) is 0 Å². The molecule has 206 valence electrons. The number of fused-ring (bicyclic) bond motifs is 1. The van der Waals surface area contributed by atoms with Crippen LogP contribution in [-0.4, -0.2) is 27.9 Å². The van der Waals surface area contributed by atoms with Gasteiger partial charge in [-0.05, 0) is 56.1 Å². The van der Waals surface area contributed by atoms with Crippen molar-refractivity contribution in [2.24, 2.45) is 0 Å². The Balaban J connectivity index is 1.51. The molecule has 0 aliphatic carbocycles. The van der Waals surface area contributed by atoms with Gasteiger partial charge in [-0.25, -0.2) is 4.79 Å². The summed E-state index contributed by atoms with van der Waals surface area (Å²) in [5.41, 5.74) is 5.46. The van der Waals surface area contributed by atoms with Crippen molar-refractivity contribution >= 4 is 22.6 Å². The van der Waals surface area contributed by atoms with Gasteiger partial charge in [-0.2, -0.15) is 0 Å². The van der Waals surface area contributed by atoms with E-state index in [-0.39, 0.29) is 24.3 Å². The van der Waals surface area contributed by atoms with Gasteiger partial charge in [-0.1, -0.05) is 130 Å². The van der Waals surface area contributed by atoms with E-state index < -0.39 is 12.0 Å². The maximum Gasteiger partial charge on any atom is 0.326 e. The predicted octanol–water partition coefficient (Wildman–Crippen LogP) is 8.14. The number of hydrogen-bond acceptors (Lipinski definition) is 2. The van der Waals surface area contributed by atoms with Crippen molar-refractivity contribution in [3.05, 3.63) is 144 Å². The molecule has 1 amide bonds. The summed E-state index contributed by atoms with van der Waals surface area (Å²) in [6, 6.07) is 38.4. The highest BCUT2D eigenvalue weighted by atomic mass is 16.4. The number of benzene rings is 5. The number of carbonyl (C=O) groups is 2. The summed E-state index contributed by atoms with van der Waals surface area (Å²) in [4.78, 5) is 28.4. The summed E-state index contributed by atoms with van der Waals surface area (Å²) in [6.07, 6.45) is 0.195. The molecule has 0 aromatic heterocycles. The Labute approximate surface area is 241 Å². The molecule has 0 fully saturated rings. The first-order chi connectivity index (χ1) is 19.7. The molecule has 0 saturated carbocycles. The Morgan fingerprint density at radius 3 is 1.98 bits per heavy atom. The van der Waals surface area contributed by atoms with Crippen molar-refractivity contribution in [2.75, 3.05) is 0 Å². The minimum Gasteiger partial charge on any atom is -0.480 e. The molecule has 0 aliphatic rings. The predicted molar refractivity (Wildman–Crippen MR) is 166 cm³/mol. The molecule has 4 nitrogen and oxygen atoms in total. The lowest BCUT2D eigenvalue weighted by molar-refractivity contribution is -0.142. The first kappa shape index (κ1) is 27.9. The van der Waals surface area contributed by atoms with E-state index in [1.165, 1.54) is 4.90 Å². The van der Waals surface area contributed by atoms with Gasteiger partial charge < -0.3 is 10.0 Å². The van der Waals surface area contributed by atoms with E-state index in [1.54, 1.807) is 0 Å². The van der Waals surface area contributed by atoms with Crippen LogP contribution in [0.5, 0.6) is 0 Å². The summed E-state index contributed by atoms with van der Waals surface area (Å²) in [5, 5.41) is 12.5. The van der Waals surface area contributed by atoms with Crippen molar-refractivity contribution in [3.8, 4) is 11.1 Å². The van der Waals surface area contributed by atoms with Crippen LogP contribution in [0.1, 0.15) is 47.8 Å². The molecule has 0 radical (unpaired) electrons. The van der Waals surface area contributed by atoms with Crippen molar-refractivity contribution in [3.63, 3.8) is 0 Å². The largest absolute Gasteiger partial charge is 0.480 e. The van der Waals surface area contributed by atoms with Gasteiger partial charge in [0.05, 0.1) is 0 Å². The van der Waals surface area contributed by atoms with Gasteiger partial charge in [0.1, 0.15) is 6.04 Å². The van der Waals surface area contributed by atoms with Crippen LogP contribution in [0.25, 0.3) is 21.9 Å². The maximum absolute atomic E-state index is 14.1. The van der Waals surface area contributed by atoms with Crippen molar-refractivity contribution in [1.29, 1.82) is 0 Å². The number of carbonyl (C=O) groups excluding carboxylic acids is 1. The van der Waals surface area contributed by atoms with E-state index in [4.69, 9.17) is 0 Å². The third-order valence-electron chi connectivity index (χ3n) is 7.63. The van der Waals surface area contributed by atoms with Crippen LogP contribution in [0.4, 0.5) is 0 Å². The molecule has 41 heavy (non-hydrogen) atoms. The van der Waals surface area contributed by atoms with Gasteiger partial charge in [0.15, 0.2) is 0 Å². The van der Waals surface area contributed by atoms with Crippen LogP contribution in [0.3, 0.4) is 0 Å². The summed E-state index contributed by atoms with van der Waals surface area (Å²) in [6.45, 7) is 6.56. The van der Waals surface area contributed by atoms with Crippen LogP contribution in [-0.2, 0) is 23.2 Å². The lowest BCUT2D eigenvalue weighted by Crippen LogP contribution is -2.46. The van der Waals surface area contributed by atoms with Crippen LogP contribution in [0, 0.1) is 0 Å². The number of carboxylic acids is 1. The summed E-state index contributed by atoms with van der Waals surface area (Å²) in [5.74, 6) is -1.33. The Morgan fingerprint density at radius 1 is 0.707 bits per heavy atom. The number of aliphatic carboxylic acids is 1. The molecule has 4 heteroatoms. The van der Waals surface area contributed by atoms with Gasteiger partial charge >= 0.3 is 5.97 Å². The molecule has 0 heterocycles. The second-order valence-electron chi connectivity index (χ2n) is 11.5. The molecule has 0 saturated heterocycles. The smallest absolute Gasteiger partial charge is 0.326 e. The summed E-state index contributed by atoms with van der Waals surface area (Å²) >= 11 is 0. The van der Waals surface area contributed by atoms with E-state index in [2.05, 4.69) is 20.8 Å². The fourth-order valence-electron chi connectivity index (χ4n) is 5.23. The van der Waals surface area contributed by atoms with Crippen LogP contribution >= 0.6 is 0 Å². The van der Waals surface area contributed by atoms with Gasteiger partial charge in [-0.3, -0.25) is 4.79 Å². The maximum atomic E-state index is 14.1. The van der Waals surface area contributed by atoms with E-state index in [0.717, 1.165) is 38.6 Å². The van der Waals surface area contributed by atoms with E-state index in [9.17, 15) is 14.7 Å². The summed E-state index contributed by atoms with van der Waals surface area (Å²) in [7, 11) is 0. The zero-order valence-corrected chi connectivity index (χ0v) is 23.7. The first-order valence-corrected chi connectivity index (χ1v) is 14.0. The monoisotopic (exact) mass is 541 g/mol. The SMILES string of the molecule is CC(C)(C)c1ccc(C(=O)N(Cc2cccc3ccccc23)C(Cc2ccc(-c3ccccc3)cc2)C(=O)O)cc1. The summed E-state index contributed by atoms with van der Waals surface area (Å²) < 4.78 is 0. The number of nitrogens with zero attached hydrogens (tertiary/aromatic N) is 1. The average molecular weight is 542 g/mol. The number of hydrogen-bond donors (Lipinski definition) is 1. The topological polar surface area (TPSA) is 57.6 Å². The van der Waals surface area contributed by atoms with E-state index in [0.29, 0.717) is 5.56 Å². The molecule has 1 unspecified atom stereocenters. The Bertz CT molecular complexity index is 1640. The third kappa shape index (κ3) is 6.38. The minimum atomic E-state index is -1.05. The molecule has 1 atom stereocenters. The Morgan fingerprint density at radius 2 is 1.32 bits per heavy atom. The van der Waals surface area contributed by atoms with Crippen molar-refractivity contribution in [1.82, 2.24) is 4.90 Å². The van der Waals surface area contributed by atoms with Crippen molar-refractivity contribution in [2.45, 2.75) is 45.2 Å². The van der Waals surface area contributed by atoms with Crippen LogP contribution < -0.4 is 0 Å². The fraction of sp³-hybridized carbons (Fsp3) is 0.189. The fourth-order valence-corrected chi connectivity index (χ4v) is 5.23. The minimum absolute atomic E-state index is 0.0558. The standard InChI is InChI=1S/C37H35NO3/c1-37(2,3)32-22-20-30(21-23-32)35(39)38(25-31-14-9-13-29-12-7-8-15-33(29)31)34(36(40)41)24-26-16-18-28(19-17-26)27-10-5-4-6-11-27/h4-23,34H,24-25H2,1-3H3,(H,40,41). The van der Waals surface area contributed by atoms with Crippen LogP contribution in [0.15, 0.2) is 121 Å². The number of rotatable bonds is 8. The molecular weight excluding hydrogens is 506 g/mol. The second kappa shape index (κ2) is 11.8. The Kier molecular flexibility index (Phi) is 8.02. The average Bonchev–Trinajstić information content (AvgIpc) is 2.99. The highest BCUT2D eigenvalue weighted by Gasteiger charge is 2.31. The second-order valence-corrected chi connectivity index (χ2v) is 11.5. The molecule has 1 N–H and O–H groups in total. The number of carboxylic acid groups (broad SMARTS) is 1. The van der Waals surface area contributed by atoms with E-state index >= 15 is 0 Å². The zero-order chi connectivity index (χ0) is 29.0. The molecule has 5 aromatic rings. The molecule has 0 bridgehead atoms. The highest BCUT2D eigenvalue weighted by molar-refractivity contribution is 5.97. The lowest BCUT2D eigenvalue weighted by Gasteiger charge is -2.30. The molecule has 0 spiro atoms. The van der Waals surface area contributed by atoms with E-state index in [1.807, 2.05) is 121 Å². The molecule has 0 aliphatic heterocycles. The number of amides is 1. The Hall–Kier alpha value is -4.70. The highest BCUT2D eigenvalue weighted by Crippen LogP contribution is 2.26. The van der Waals surface area contributed by atoms with Gasteiger partial charge in [0, 0.05) is 18.5 Å². The third-order valence-corrected chi connectivity index (χ3v) is 7.63. The van der Waals surface area contributed by atoms with Gasteiger partial charge in [0.25, 0.3) is 5.91 Å². The normalized spacial score (nSPS) is 12.2. The van der Waals surface area contributed by atoms with Crippen molar-refractivity contribution < 1.29 is 14.7 Å². The quantitative estimate of drug-likeness (QED) is 0.216. The lowest BCUT2D eigenvalue weighted by atomic mass is 9.86.